The lowest BCUT2D eigenvalue weighted by Crippen LogP contribution is -2.06. The average molecular weight is 255 g/mol. The molecule has 0 saturated carbocycles. The Kier molecular flexibility index (Phi) is 3.52. The van der Waals surface area contributed by atoms with Crippen LogP contribution in [0.1, 0.15) is 18.5 Å². The summed E-state index contributed by atoms with van der Waals surface area (Å²) in [6.45, 7) is 1.83. The third-order valence-electron chi connectivity index (χ3n) is 2.00. The first-order valence-corrected chi connectivity index (χ1v) is 6.25. The fraction of sp³-hybridized carbons (Fsp3) is 0.200. The van der Waals surface area contributed by atoms with Gasteiger partial charge in [-0.25, -0.2) is 9.37 Å². The molecule has 0 bridgehead atoms. The van der Waals surface area contributed by atoms with Gasteiger partial charge in [0.2, 0.25) is 0 Å². The lowest BCUT2D eigenvalue weighted by molar-refractivity contribution is 0.619. The van der Waals surface area contributed by atoms with Gasteiger partial charge in [0.1, 0.15) is 12.1 Å². The van der Waals surface area contributed by atoms with Crippen molar-refractivity contribution in [3.05, 3.63) is 35.9 Å². The van der Waals surface area contributed by atoms with Crippen molar-refractivity contribution in [2.24, 2.45) is 5.73 Å². The second-order valence-corrected chi connectivity index (χ2v) is 5.35. The number of rotatable bonds is 3. The van der Waals surface area contributed by atoms with Crippen LogP contribution in [-0.4, -0.2) is 9.36 Å². The molecule has 1 atom stereocenters. The van der Waals surface area contributed by atoms with Gasteiger partial charge < -0.3 is 5.73 Å². The maximum absolute atomic E-state index is 13.1. The number of benzene rings is 1. The van der Waals surface area contributed by atoms with Gasteiger partial charge in [-0.3, -0.25) is 0 Å². The molecule has 1 heterocycles. The molecule has 3 nitrogen and oxygen atoms in total. The molecule has 0 aliphatic carbocycles. The standard InChI is InChI=1S/C10H10FN3S2/c1-6(12)8-4-7(11)2-3-9(8)15-10-13-5-14-16-10/h2-6H,12H2,1H3. The Labute approximate surface area is 101 Å². The van der Waals surface area contributed by atoms with E-state index in [1.54, 1.807) is 6.07 Å². The smallest absolute Gasteiger partial charge is 0.174 e. The predicted molar refractivity (Wildman–Crippen MR) is 63.0 cm³/mol. The topological polar surface area (TPSA) is 51.8 Å². The molecule has 1 aromatic heterocycles. The lowest BCUT2D eigenvalue weighted by atomic mass is 10.1. The largest absolute Gasteiger partial charge is 0.324 e. The van der Waals surface area contributed by atoms with Crippen molar-refractivity contribution in [3.63, 3.8) is 0 Å². The molecular formula is C10H10FN3S2. The summed E-state index contributed by atoms with van der Waals surface area (Å²) in [5.74, 6) is -0.270. The summed E-state index contributed by atoms with van der Waals surface area (Å²) in [5, 5.41) is 0. The van der Waals surface area contributed by atoms with Gasteiger partial charge in [-0.15, -0.1) is 0 Å². The summed E-state index contributed by atoms with van der Waals surface area (Å²) < 4.78 is 17.8. The van der Waals surface area contributed by atoms with Gasteiger partial charge in [-0.05, 0) is 42.2 Å². The van der Waals surface area contributed by atoms with Gasteiger partial charge >= 0.3 is 0 Å². The molecule has 84 valence electrons. The Balaban J connectivity index is 2.33. The van der Waals surface area contributed by atoms with Gasteiger partial charge in [0.15, 0.2) is 4.34 Å². The molecule has 0 spiro atoms. The SMILES string of the molecule is CC(N)c1cc(F)ccc1Sc1ncns1. The Bertz CT molecular complexity index is 471. The van der Waals surface area contributed by atoms with Crippen LogP contribution in [0.2, 0.25) is 0 Å². The first-order chi connectivity index (χ1) is 7.66. The molecule has 0 radical (unpaired) electrons. The Morgan fingerprint density at radius 2 is 2.31 bits per heavy atom. The monoisotopic (exact) mass is 255 g/mol. The van der Waals surface area contributed by atoms with Crippen molar-refractivity contribution in [3.8, 4) is 0 Å². The minimum Gasteiger partial charge on any atom is -0.324 e. The fourth-order valence-corrected chi connectivity index (χ4v) is 2.88. The Hall–Kier alpha value is -0.980. The fourth-order valence-electron chi connectivity index (χ4n) is 1.27. The van der Waals surface area contributed by atoms with Gasteiger partial charge in [0, 0.05) is 10.9 Å². The molecule has 1 unspecified atom stereocenters. The van der Waals surface area contributed by atoms with Crippen molar-refractivity contribution in [1.82, 2.24) is 9.36 Å². The van der Waals surface area contributed by atoms with Gasteiger partial charge in [-0.2, -0.15) is 4.37 Å². The summed E-state index contributed by atoms with van der Waals surface area (Å²) >= 11 is 2.77. The van der Waals surface area contributed by atoms with E-state index in [0.717, 1.165) is 14.8 Å². The van der Waals surface area contributed by atoms with Gasteiger partial charge in [-0.1, -0.05) is 11.8 Å². The minimum atomic E-state index is -0.270. The highest BCUT2D eigenvalue weighted by Crippen LogP contribution is 2.33. The molecule has 2 rings (SSSR count). The second kappa shape index (κ2) is 4.90. The van der Waals surface area contributed by atoms with E-state index in [1.807, 2.05) is 6.92 Å². The molecule has 0 aliphatic rings. The van der Waals surface area contributed by atoms with Crippen molar-refractivity contribution in [2.45, 2.75) is 22.2 Å². The van der Waals surface area contributed by atoms with E-state index in [0.29, 0.717) is 0 Å². The second-order valence-electron chi connectivity index (χ2n) is 3.28. The molecule has 0 amide bonds. The number of hydrogen-bond donors (Lipinski definition) is 1. The van der Waals surface area contributed by atoms with Crippen LogP contribution in [0, 0.1) is 5.82 Å². The number of nitrogens with two attached hydrogens (primary N) is 1. The third kappa shape index (κ3) is 2.58. The van der Waals surface area contributed by atoms with E-state index in [4.69, 9.17) is 5.73 Å². The van der Waals surface area contributed by atoms with E-state index in [9.17, 15) is 4.39 Å². The predicted octanol–water partition coefficient (Wildman–Crippen LogP) is 2.85. The summed E-state index contributed by atoms with van der Waals surface area (Å²) in [5.41, 5.74) is 6.59. The van der Waals surface area contributed by atoms with Crippen molar-refractivity contribution < 1.29 is 4.39 Å². The molecule has 0 fully saturated rings. The lowest BCUT2D eigenvalue weighted by Gasteiger charge is -2.10. The average Bonchev–Trinajstić information content (AvgIpc) is 2.73. The zero-order valence-electron chi connectivity index (χ0n) is 8.55. The normalized spacial score (nSPS) is 12.7. The molecule has 0 aliphatic heterocycles. The van der Waals surface area contributed by atoms with Crippen LogP contribution in [0.3, 0.4) is 0 Å². The highest BCUT2D eigenvalue weighted by atomic mass is 32.2. The van der Waals surface area contributed by atoms with Crippen molar-refractivity contribution in [2.75, 3.05) is 0 Å². The highest BCUT2D eigenvalue weighted by molar-refractivity contribution is 8.01. The minimum absolute atomic E-state index is 0.203. The van der Waals surface area contributed by atoms with E-state index >= 15 is 0 Å². The van der Waals surface area contributed by atoms with Crippen LogP contribution in [0.25, 0.3) is 0 Å². The third-order valence-corrected chi connectivity index (χ3v) is 3.81. The summed E-state index contributed by atoms with van der Waals surface area (Å²) in [6.07, 6.45) is 1.50. The van der Waals surface area contributed by atoms with Gasteiger partial charge in [0.25, 0.3) is 0 Å². The van der Waals surface area contributed by atoms with Crippen LogP contribution < -0.4 is 5.73 Å². The zero-order chi connectivity index (χ0) is 11.5. The molecule has 2 aromatic rings. The highest BCUT2D eigenvalue weighted by Gasteiger charge is 2.11. The molecule has 16 heavy (non-hydrogen) atoms. The Morgan fingerprint density at radius 3 is 2.94 bits per heavy atom. The Morgan fingerprint density at radius 1 is 1.50 bits per heavy atom. The van der Waals surface area contributed by atoms with E-state index in [1.165, 1.54) is 41.8 Å². The molecule has 1 aromatic carbocycles. The maximum atomic E-state index is 13.1. The van der Waals surface area contributed by atoms with E-state index in [-0.39, 0.29) is 11.9 Å². The number of aromatic nitrogens is 2. The summed E-state index contributed by atoms with van der Waals surface area (Å²) in [4.78, 5) is 4.99. The summed E-state index contributed by atoms with van der Waals surface area (Å²) in [6, 6.07) is 4.41. The molecular weight excluding hydrogens is 245 g/mol. The summed E-state index contributed by atoms with van der Waals surface area (Å²) in [7, 11) is 0. The van der Waals surface area contributed by atoms with Crippen LogP contribution >= 0.6 is 23.3 Å². The van der Waals surface area contributed by atoms with Crippen molar-refractivity contribution in [1.29, 1.82) is 0 Å². The van der Waals surface area contributed by atoms with E-state index in [2.05, 4.69) is 9.36 Å². The number of halogens is 1. The molecule has 6 heteroatoms. The van der Waals surface area contributed by atoms with Crippen LogP contribution in [0.15, 0.2) is 33.8 Å². The van der Waals surface area contributed by atoms with Crippen LogP contribution in [-0.2, 0) is 0 Å². The zero-order valence-corrected chi connectivity index (χ0v) is 10.2. The van der Waals surface area contributed by atoms with Gasteiger partial charge in [0.05, 0.1) is 0 Å². The first kappa shape index (κ1) is 11.5. The quantitative estimate of drug-likeness (QED) is 0.916. The number of hydrogen-bond acceptors (Lipinski definition) is 5. The molecule has 0 saturated heterocycles. The van der Waals surface area contributed by atoms with Crippen LogP contribution in [0.4, 0.5) is 4.39 Å². The van der Waals surface area contributed by atoms with Crippen molar-refractivity contribution >= 4 is 23.3 Å². The first-order valence-electron chi connectivity index (χ1n) is 4.66. The van der Waals surface area contributed by atoms with E-state index < -0.39 is 0 Å². The van der Waals surface area contributed by atoms with Crippen LogP contribution in [0.5, 0.6) is 0 Å². The number of nitrogens with zero attached hydrogens (tertiary/aromatic N) is 2. The maximum Gasteiger partial charge on any atom is 0.174 e. The molecule has 2 N–H and O–H groups in total.